The minimum absolute atomic E-state index is 0.245. The standard InChI is InChI=1S/C15H19N3OS/c1-9(2)14-17-13(16)10(3)15(18-14)20-12-8-6-5-7-11(12)19-4/h5-9H,1-4H3,(H2,16,17,18). The molecule has 0 aliphatic heterocycles. The van der Waals surface area contributed by atoms with Crippen molar-refractivity contribution in [3.8, 4) is 5.75 Å². The highest BCUT2D eigenvalue weighted by molar-refractivity contribution is 7.99. The molecule has 5 heteroatoms. The number of anilines is 1. The van der Waals surface area contributed by atoms with Crippen LogP contribution in [0.3, 0.4) is 0 Å². The fraction of sp³-hybridized carbons (Fsp3) is 0.333. The van der Waals surface area contributed by atoms with E-state index in [4.69, 9.17) is 10.5 Å². The summed E-state index contributed by atoms with van der Waals surface area (Å²) in [6.45, 7) is 6.06. The van der Waals surface area contributed by atoms with E-state index >= 15 is 0 Å². The van der Waals surface area contributed by atoms with E-state index < -0.39 is 0 Å². The van der Waals surface area contributed by atoms with Crippen molar-refractivity contribution < 1.29 is 4.74 Å². The van der Waals surface area contributed by atoms with Crippen LogP contribution in [-0.4, -0.2) is 17.1 Å². The molecule has 0 aliphatic carbocycles. The van der Waals surface area contributed by atoms with Crippen LogP contribution in [0.15, 0.2) is 34.2 Å². The molecule has 0 atom stereocenters. The van der Waals surface area contributed by atoms with Crippen LogP contribution in [0, 0.1) is 6.92 Å². The van der Waals surface area contributed by atoms with Crippen molar-refractivity contribution in [2.45, 2.75) is 36.6 Å². The van der Waals surface area contributed by atoms with E-state index in [0.29, 0.717) is 5.82 Å². The van der Waals surface area contributed by atoms with Gasteiger partial charge >= 0.3 is 0 Å². The lowest BCUT2D eigenvalue weighted by molar-refractivity contribution is 0.405. The summed E-state index contributed by atoms with van der Waals surface area (Å²) in [5.74, 6) is 2.39. The molecule has 2 N–H and O–H groups in total. The topological polar surface area (TPSA) is 61.0 Å². The molecule has 0 amide bonds. The minimum atomic E-state index is 0.245. The predicted molar refractivity (Wildman–Crippen MR) is 82.4 cm³/mol. The minimum Gasteiger partial charge on any atom is -0.496 e. The first-order valence-electron chi connectivity index (χ1n) is 6.47. The van der Waals surface area contributed by atoms with Crippen LogP contribution in [-0.2, 0) is 0 Å². The van der Waals surface area contributed by atoms with Crippen molar-refractivity contribution in [2.24, 2.45) is 0 Å². The Morgan fingerprint density at radius 1 is 1.20 bits per heavy atom. The van der Waals surface area contributed by atoms with Crippen LogP contribution < -0.4 is 10.5 Å². The number of ether oxygens (including phenoxy) is 1. The Balaban J connectivity index is 2.42. The third-order valence-corrected chi connectivity index (χ3v) is 4.10. The lowest BCUT2D eigenvalue weighted by Crippen LogP contribution is -2.05. The molecule has 0 fully saturated rings. The fourth-order valence-corrected chi connectivity index (χ4v) is 2.70. The van der Waals surface area contributed by atoms with Crippen molar-refractivity contribution in [3.63, 3.8) is 0 Å². The van der Waals surface area contributed by atoms with Gasteiger partial charge in [-0.15, -0.1) is 0 Å². The number of aromatic nitrogens is 2. The first-order chi connectivity index (χ1) is 9.52. The van der Waals surface area contributed by atoms with Crippen LogP contribution in [0.25, 0.3) is 0 Å². The highest BCUT2D eigenvalue weighted by Crippen LogP contribution is 2.36. The van der Waals surface area contributed by atoms with Gasteiger partial charge in [0, 0.05) is 11.5 Å². The molecule has 2 aromatic rings. The second kappa shape index (κ2) is 6.13. The van der Waals surface area contributed by atoms with E-state index in [9.17, 15) is 0 Å². The van der Waals surface area contributed by atoms with Crippen LogP contribution in [0.1, 0.15) is 31.2 Å². The zero-order valence-corrected chi connectivity index (χ0v) is 13.0. The van der Waals surface area contributed by atoms with Crippen molar-refractivity contribution in [1.82, 2.24) is 9.97 Å². The van der Waals surface area contributed by atoms with Crippen LogP contribution >= 0.6 is 11.8 Å². The summed E-state index contributed by atoms with van der Waals surface area (Å²) in [5, 5.41) is 0.880. The molecule has 1 aromatic carbocycles. The molecule has 0 aliphatic rings. The zero-order chi connectivity index (χ0) is 14.7. The Morgan fingerprint density at radius 2 is 1.90 bits per heavy atom. The summed E-state index contributed by atoms with van der Waals surface area (Å²) >= 11 is 1.56. The summed E-state index contributed by atoms with van der Waals surface area (Å²) in [4.78, 5) is 9.98. The monoisotopic (exact) mass is 289 g/mol. The van der Waals surface area contributed by atoms with Gasteiger partial charge < -0.3 is 10.5 Å². The fourth-order valence-electron chi connectivity index (χ4n) is 1.69. The molecule has 0 radical (unpaired) electrons. The molecule has 106 valence electrons. The maximum Gasteiger partial charge on any atom is 0.134 e. The van der Waals surface area contributed by atoms with Gasteiger partial charge in [-0.2, -0.15) is 0 Å². The van der Waals surface area contributed by atoms with E-state index in [-0.39, 0.29) is 5.92 Å². The molecular formula is C15H19N3OS. The number of para-hydroxylation sites is 1. The van der Waals surface area contributed by atoms with Crippen molar-refractivity contribution in [3.05, 3.63) is 35.7 Å². The van der Waals surface area contributed by atoms with Crippen molar-refractivity contribution in [1.29, 1.82) is 0 Å². The highest BCUT2D eigenvalue weighted by Gasteiger charge is 2.14. The van der Waals surface area contributed by atoms with Crippen LogP contribution in [0.4, 0.5) is 5.82 Å². The maximum absolute atomic E-state index is 5.99. The van der Waals surface area contributed by atoms with Gasteiger partial charge in [-0.3, -0.25) is 0 Å². The van der Waals surface area contributed by atoms with E-state index in [1.165, 1.54) is 0 Å². The Kier molecular flexibility index (Phi) is 4.49. The largest absolute Gasteiger partial charge is 0.496 e. The number of nitrogens with zero attached hydrogens (tertiary/aromatic N) is 2. The Labute approximate surface area is 123 Å². The molecule has 0 spiro atoms. The molecule has 4 nitrogen and oxygen atoms in total. The molecule has 0 bridgehead atoms. The Bertz CT molecular complexity index is 614. The average molecular weight is 289 g/mol. The Hall–Kier alpha value is -1.75. The molecule has 0 unspecified atom stereocenters. The molecule has 1 aromatic heterocycles. The van der Waals surface area contributed by atoms with Gasteiger partial charge in [-0.25, -0.2) is 9.97 Å². The first-order valence-corrected chi connectivity index (χ1v) is 7.29. The van der Waals surface area contributed by atoms with Crippen molar-refractivity contribution in [2.75, 3.05) is 12.8 Å². The molecular weight excluding hydrogens is 270 g/mol. The summed E-state index contributed by atoms with van der Waals surface area (Å²) < 4.78 is 5.37. The lowest BCUT2D eigenvalue weighted by Gasteiger charge is -2.12. The highest BCUT2D eigenvalue weighted by atomic mass is 32.2. The smallest absolute Gasteiger partial charge is 0.134 e. The van der Waals surface area contributed by atoms with Gasteiger partial charge in [0.25, 0.3) is 0 Å². The van der Waals surface area contributed by atoms with Gasteiger partial charge in [0.2, 0.25) is 0 Å². The normalized spacial score (nSPS) is 10.8. The summed E-state index contributed by atoms with van der Waals surface area (Å²) in [6.07, 6.45) is 0. The zero-order valence-electron chi connectivity index (χ0n) is 12.2. The van der Waals surface area contributed by atoms with Gasteiger partial charge in [-0.05, 0) is 19.1 Å². The first kappa shape index (κ1) is 14.7. The van der Waals surface area contributed by atoms with Crippen LogP contribution in [0.2, 0.25) is 0 Å². The third kappa shape index (κ3) is 3.04. The number of hydrogen-bond acceptors (Lipinski definition) is 5. The van der Waals surface area contributed by atoms with E-state index in [1.807, 2.05) is 31.2 Å². The number of rotatable bonds is 4. The average Bonchev–Trinajstić information content (AvgIpc) is 2.44. The molecule has 20 heavy (non-hydrogen) atoms. The maximum atomic E-state index is 5.99. The predicted octanol–water partition coefficient (Wildman–Crippen LogP) is 3.65. The number of hydrogen-bond donors (Lipinski definition) is 1. The molecule has 2 rings (SSSR count). The molecule has 1 heterocycles. The molecule has 0 saturated heterocycles. The van der Waals surface area contributed by atoms with E-state index in [1.54, 1.807) is 18.9 Å². The second-order valence-corrected chi connectivity index (χ2v) is 5.84. The van der Waals surface area contributed by atoms with Gasteiger partial charge in [0.15, 0.2) is 0 Å². The third-order valence-electron chi connectivity index (χ3n) is 2.95. The molecule has 0 saturated carbocycles. The quantitative estimate of drug-likeness (QED) is 0.870. The number of nitrogen functional groups attached to an aromatic ring is 1. The van der Waals surface area contributed by atoms with Gasteiger partial charge in [0.1, 0.15) is 22.4 Å². The van der Waals surface area contributed by atoms with Gasteiger partial charge in [-0.1, -0.05) is 37.7 Å². The second-order valence-electron chi connectivity index (χ2n) is 4.80. The lowest BCUT2D eigenvalue weighted by atomic mass is 10.2. The number of nitrogens with two attached hydrogens (primary N) is 1. The van der Waals surface area contributed by atoms with Crippen LogP contribution in [0.5, 0.6) is 5.75 Å². The van der Waals surface area contributed by atoms with E-state index in [2.05, 4.69) is 23.8 Å². The number of methoxy groups -OCH3 is 1. The van der Waals surface area contributed by atoms with Crippen molar-refractivity contribution >= 4 is 17.6 Å². The summed E-state index contributed by atoms with van der Waals surface area (Å²) in [6, 6.07) is 7.87. The SMILES string of the molecule is COc1ccccc1Sc1nc(C(C)C)nc(N)c1C. The summed E-state index contributed by atoms with van der Waals surface area (Å²) in [7, 11) is 1.67. The number of benzene rings is 1. The van der Waals surface area contributed by atoms with E-state index in [0.717, 1.165) is 27.1 Å². The summed E-state index contributed by atoms with van der Waals surface area (Å²) in [5.41, 5.74) is 6.90. The Morgan fingerprint density at radius 3 is 2.55 bits per heavy atom. The van der Waals surface area contributed by atoms with Gasteiger partial charge in [0.05, 0.1) is 12.0 Å².